The largest absolute Gasteiger partial charge is 0.519 e. The van der Waals surface area contributed by atoms with Crippen molar-refractivity contribution in [1.29, 1.82) is 0 Å². The smallest absolute Gasteiger partial charge is 0.394 e. The van der Waals surface area contributed by atoms with Crippen molar-refractivity contribution in [3.63, 3.8) is 0 Å². The first-order chi connectivity index (χ1) is 15.7. The predicted octanol–water partition coefficient (Wildman–Crippen LogP) is 7.85. The lowest BCUT2D eigenvalue weighted by Gasteiger charge is -2.14. The zero-order valence-electron chi connectivity index (χ0n) is 18.2. The molecule has 0 aliphatic rings. The highest BCUT2D eigenvalue weighted by atomic mass is 16.7. The van der Waals surface area contributed by atoms with Crippen LogP contribution in [0.4, 0.5) is 4.79 Å². The standard InChI is InChI=1S/C29H24O3/c1-3-19-13-15-25-23(16-19)18-22-14-12-20(4-2)17-26(22)28(25)32-29(30)31-27-11-7-9-21-8-5-6-10-24(21)27/h5-18H,3-4H2,1-2H3. The maximum atomic E-state index is 12.9. The van der Waals surface area contributed by atoms with E-state index in [1.807, 2.05) is 42.5 Å². The molecule has 158 valence electrons. The van der Waals surface area contributed by atoms with Crippen LogP contribution >= 0.6 is 0 Å². The summed E-state index contributed by atoms with van der Waals surface area (Å²) >= 11 is 0. The van der Waals surface area contributed by atoms with Gasteiger partial charge in [-0.1, -0.05) is 80.6 Å². The van der Waals surface area contributed by atoms with Gasteiger partial charge in [0.15, 0.2) is 0 Å². The van der Waals surface area contributed by atoms with Crippen LogP contribution in [-0.4, -0.2) is 6.16 Å². The van der Waals surface area contributed by atoms with E-state index >= 15 is 0 Å². The minimum absolute atomic E-state index is 0.486. The number of aryl methyl sites for hydroxylation is 2. The van der Waals surface area contributed by atoms with Gasteiger partial charge in [0.25, 0.3) is 0 Å². The first-order valence-corrected chi connectivity index (χ1v) is 11.0. The van der Waals surface area contributed by atoms with Gasteiger partial charge >= 0.3 is 6.16 Å². The summed E-state index contributed by atoms with van der Waals surface area (Å²) in [6, 6.07) is 28.2. The van der Waals surface area contributed by atoms with Gasteiger partial charge in [-0.2, -0.15) is 0 Å². The quantitative estimate of drug-likeness (QED) is 0.169. The number of carbonyl (C=O) groups excluding carboxylic acids is 1. The van der Waals surface area contributed by atoms with E-state index in [1.54, 1.807) is 6.07 Å². The lowest BCUT2D eigenvalue weighted by molar-refractivity contribution is 0.153. The molecule has 0 aromatic heterocycles. The van der Waals surface area contributed by atoms with Crippen molar-refractivity contribution < 1.29 is 14.3 Å². The average molecular weight is 421 g/mol. The van der Waals surface area contributed by atoms with E-state index in [4.69, 9.17) is 9.47 Å². The maximum absolute atomic E-state index is 12.9. The second kappa shape index (κ2) is 8.35. The molecule has 5 aromatic carbocycles. The fourth-order valence-corrected chi connectivity index (χ4v) is 4.21. The van der Waals surface area contributed by atoms with E-state index in [-0.39, 0.29) is 0 Å². The summed E-state index contributed by atoms with van der Waals surface area (Å²) in [5.74, 6) is 1.03. The molecule has 0 spiro atoms. The molecule has 5 rings (SSSR count). The van der Waals surface area contributed by atoms with Gasteiger partial charge in [-0.15, -0.1) is 0 Å². The number of benzene rings is 5. The van der Waals surface area contributed by atoms with Crippen molar-refractivity contribution in [2.45, 2.75) is 26.7 Å². The summed E-state index contributed by atoms with van der Waals surface area (Å²) in [5, 5.41) is 5.78. The van der Waals surface area contributed by atoms with Gasteiger partial charge < -0.3 is 9.47 Å². The number of hydrogen-bond donors (Lipinski definition) is 0. The van der Waals surface area contributed by atoms with Crippen LogP contribution in [-0.2, 0) is 12.8 Å². The highest BCUT2D eigenvalue weighted by molar-refractivity contribution is 6.06. The Hall–Kier alpha value is -3.85. The molecule has 0 fully saturated rings. The predicted molar refractivity (Wildman–Crippen MR) is 131 cm³/mol. The second-order valence-electron chi connectivity index (χ2n) is 7.96. The lowest BCUT2D eigenvalue weighted by atomic mass is 9.98. The van der Waals surface area contributed by atoms with Crippen LogP contribution < -0.4 is 9.47 Å². The third kappa shape index (κ3) is 3.67. The van der Waals surface area contributed by atoms with Gasteiger partial charge in [-0.05, 0) is 58.3 Å². The zero-order chi connectivity index (χ0) is 22.1. The third-order valence-corrected chi connectivity index (χ3v) is 5.98. The molecule has 0 bridgehead atoms. The molecule has 3 nitrogen and oxygen atoms in total. The zero-order valence-corrected chi connectivity index (χ0v) is 18.2. The van der Waals surface area contributed by atoms with Crippen LogP contribution in [0.3, 0.4) is 0 Å². The van der Waals surface area contributed by atoms with Gasteiger partial charge in [-0.3, -0.25) is 0 Å². The first kappa shape index (κ1) is 20.1. The monoisotopic (exact) mass is 420 g/mol. The first-order valence-electron chi connectivity index (χ1n) is 11.0. The fraction of sp³-hybridized carbons (Fsp3) is 0.138. The molecule has 32 heavy (non-hydrogen) atoms. The van der Waals surface area contributed by atoms with Crippen molar-refractivity contribution in [1.82, 2.24) is 0 Å². The van der Waals surface area contributed by atoms with Crippen LogP contribution in [0.25, 0.3) is 32.3 Å². The molecule has 0 aliphatic carbocycles. The second-order valence-corrected chi connectivity index (χ2v) is 7.96. The van der Waals surface area contributed by atoms with Crippen molar-refractivity contribution in [3.8, 4) is 11.5 Å². The average Bonchev–Trinajstić information content (AvgIpc) is 2.83. The molecule has 0 aliphatic heterocycles. The Balaban J connectivity index is 1.60. The van der Waals surface area contributed by atoms with Crippen LogP contribution in [0, 0.1) is 0 Å². The summed E-state index contributed by atoms with van der Waals surface area (Å²) < 4.78 is 11.6. The molecule has 5 aromatic rings. The summed E-state index contributed by atoms with van der Waals surface area (Å²) in [7, 11) is 0. The molecule has 3 heteroatoms. The Morgan fingerprint density at radius 1 is 0.625 bits per heavy atom. The van der Waals surface area contributed by atoms with E-state index in [1.165, 1.54) is 11.1 Å². The van der Waals surface area contributed by atoms with Gasteiger partial charge in [-0.25, -0.2) is 4.79 Å². The Bertz CT molecular complexity index is 1460. The maximum Gasteiger partial charge on any atom is 0.519 e. The Morgan fingerprint density at radius 3 is 2.22 bits per heavy atom. The molecule has 0 saturated heterocycles. The Kier molecular flexibility index (Phi) is 5.24. The van der Waals surface area contributed by atoms with Crippen LogP contribution in [0.2, 0.25) is 0 Å². The van der Waals surface area contributed by atoms with Crippen LogP contribution in [0.1, 0.15) is 25.0 Å². The highest BCUT2D eigenvalue weighted by Gasteiger charge is 2.16. The van der Waals surface area contributed by atoms with E-state index in [0.29, 0.717) is 11.5 Å². The Labute approximate surface area is 187 Å². The van der Waals surface area contributed by atoms with E-state index in [2.05, 4.69) is 50.2 Å². The van der Waals surface area contributed by atoms with Gasteiger partial charge in [0, 0.05) is 16.2 Å². The third-order valence-electron chi connectivity index (χ3n) is 5.98. The molecular formula is C29H24O3. The molecule has 0 N–H and O–H groups in total. The van der Waals surface area contributed by atoms with E-state index in [0.717, 1.165) is 45.2 Å². The molecule has 0 radical (unpaired) electrons. The van der Waals surface area contributed by atoms with Gasteiger partial charge in [0.1, 0.15) is 11.5 Å². The van der Waals surface area contributed by atoms with E-state index in [9.17, 15) is 4.79 Å². The Morgan fingerprint density at radius 2 is 1.38 bits per heavy atom. The highest BCUT2D eigenvalue weighted by Crippen LogP contribution is 2.37. The number of hydrogen-bond acceptors (Lipinski definition) is 3. The fourth-order valence-electron chi connectivity index (χ4n) is 4.21. The minimum Gasteiger partial charge on any atom is -0.394 e. The summed E-state index contributed by atoms with van der Waals surface area (Å²) in [6.07, 6.45) is 1.11. The van der Waals surface area contributed by atoms with E-state index < -0.39 is 6.16 Å². The molecule has 0 amide bonds. The molecule has 0 unspecified atom stereocenters. The summed E-state index contributed by atoms with van der Waals surface area (Å²) in [4.78, 5) is 12.9. The number of carbonyl (C=O) groups is 1. The van der Waals surface area contributed by atoms with Crippen molar-refractivity contribution >= 4 is 38.5 Å². The van der Waals surface area contributed by atoms with Crippen molar-refractivity contribution in [2.24, 2.45) is 0 Å². The van der Waals surface area contributed by atoms with Crippen LogP contribution in [0.15, 0.2) is 84.9 Å². The lowest BCUT2D eigenvalue weighted by Crippen LogP contribution is -2.14. The molecule has 0 saturated carbocycles. The van der Waals surface area contributed by atoms with Crippen molar-refractivity contribution in [2.75, 3.05) is 0 Å². The summed E-state index contributed by atoms with van der Waals surface area (Å²) in [6.45, 7) is 4.25. The van der Waals surface area contributed by atoms with Gasteiger partial charge in [0.05, 0.1) is 0 Å². The molecule has 0 heterocycles. The normalized spacial score (nSPS) is 11.2. The number of rotatable bonds is 4. The SMILES string of the molecule is CCc1ccc2c(OC(=O)Oc3cccc4ccccc34)c3cc(CC)ccc3cc2c1. The molecular weight excluding hydrogens is 396 g/mol. The topological polar surface area (TPSA) is 35.5 Å². The molecule has 0 atom stereocenters. The summed E-state index contributed by atoms with van der Waals surface area (Å²) in [5.41, 5.74) is 2.43. The number of fused-ring (bicyclic) bond motifs is 3. The number of ether oxygens (including phenoxy) is 2. The van der Waals surface area contributed by atoms with Crippen molar-refractivity contribution in [3.05, 3.63) is 96.1 Å². The van der Waals surface area contributed by atoms with Gasteiger partial charge in [0.2, 0.25) is 0 Å². The minimum atomic E-state index is -0.739. The van der Waals surface area contributed by atoms with Crippen LogP contribution in [0.5, 0.6) is 11.5 Å².